The Morgan fingerprint density at radius 1 is 1.50 bits per heavy atom. The van der Waals surface area contributed by atoms with E-state index < -0.39 is 0 Å². The van der Waals surface area contributed by atoms with E-state index in [9.17, 15) is 0 Å². The smallest absolute Gasteiger partial charge is 0.195 e. The van der Waals surface area contributed by atoms with Crippen LogP contribution in [0.5, 0.6) is 0 Å². The highest BCUT2D eigenvalue weighted by atomic mass is 15.2. The van der Waals surface area contributed by atoms with Crippen molar-refractivity contribution in [3.05, 3.63) is 23.8 Å². The van der Waals surface area contributed by atoms with Crippen LogP contribution in [0.4, 0.5) is 0 Å². The summed E-state index contributed by atoms with van der Waals surface area (Å²) < 4.78 is 0. The molecule has 0 aromatic heterocycles. The van der Waals surface area contributed by atoms with Crippen molar-refractivity contribution in [3.63, 3.8) is 0 Å². The van der Waals surface area contributed by atoms with Crippen LogP contribution in [-0.4, -0.2) is 25.5 Å². The topological polar surface area (TPSA) is 88.8 Å². The molecule has 14 heavy (non-hydrogen) atoms. The molecule has 1 rings (SSSR count). The summed E-state index contributed by atoms with van der Waals surface area (Å²) >= 11 is 0. The first-order valence-electron chi connectivity index (χ1n) is 4.37. The van der Waals surface area contributed by atoms with Gasteiger partial charge < -0.3 is 11.5 Å². The zero-order valence-electron chi connectivity index (χ0n) is 8.20. The third-order valence-corrected chi connectivity index (χ3v) is 1.78. The van der Waals surface area contributed by atoms with Gasteiger partial charge in [-0.15, -0.1) is 0 Å². The van der Waals surface area contributed by atoms with Gasteiger partial charge in [-0.2, -0.15) is 0 Å². The van der Waals surface area contributed by atoms with E-state index in [1.807, 2.05) is 6.08 Å². The average molecular weight is 193 g/mol. The van der Waals surface area contributed by atoms with Gasteiger partial charge in [0.15, 0.2) is 11.9 Å². The molecular formula is C9H15N5. The van der Waals surface area contributed by atoms with Crippen molar-refractivity contribution in [2.24, 2.45) is 21.5 Å². The average Bonchev–Trinajstić information content (AvgIpc) is 2.67. The van der Waals surface area contributed by atoms with Gasteiger partial charge in [-0.05, 0) is 12.0 Å². The highest BCUT2D eigenvalue weighted by Crippen LogP contribution is 2.08. The summed E-state index contributed by atoms with van der Waals surface area (Å²) in [5, 5.41) is 2.66. The maximum Gasteiger partial charge on any atom is 0.195 e. The highest BCUT2D eigenvalue weighted by Gasteiger charge is 1.97. The van der Waals surface area contributed by atoms with Crippen molar-refractivity contribution < 1.29 is 0 Å². The maximum absolute atomic E-state index is 5.56. The normalized spacial score (nSPS) is 17.1. The third kappa shape index (κ3) is 3.30. The molecule has 0 saturated heterocycles. The van der Waals surface area contributed by atoms with Crippen molar-refractivity contribution in [1.29, 1.82) is 0 Å². The Hall–Kier alpha value is -1.78. The summed E-state index contributed by atoms with van der Waals surface area (Å²) in [5.41, 5.74) is 12.1. The van der Waals surface area contributed by atoms with Crippen LogP contribution in [0.3, 0.4) is 0 Å². The number of rotatable bonds is 2. The quantitative estimate of drug-likeness (QED) is 0.416. The monoisotopic (exact) mass is 193 g/mol. The summed E-state index contributed by atoms with van der Waals surface area (Å²) in [5.74, 6) is 0.552. The summed E-state index contributed by atoms with van der Waals surface area (Å²) in [6, 6.07) is 0. The van der Waals surface area contributed by atoms with Crippen LogP contribution in [0.25, 0.3) is 0 Å². The van der Waals surface area contributed by atoms with E-state index in [0.29, 0.717) is 6.54 Å². The number of hydrogen-bond donors (Lipinski definition) is 3. The molecule has 1 aliphatic rings. The van der Waals surface area contributed by atoms with Crippen molar-refractivity contribution in [1.82, 2.24) is 5.32 Å². The van der Waals surface area contributed by atoms with Crippen LogP contribution in [0, 0.1) is 0 Å². The fourth-order valence-corrected chi connectivity index (χ4v) is 1.03. The maximum atomic E-state index is 5.56. The van der Waals surface area contributed by atoms with Gasteiger partial charge >= 0.3 is 0 Å². The van der Waals surface area contributed by atoms with Gasteiger partial charge in [0.1, 0.15) is 0 Å². The Morgan fingerprint density at radius 3 is 2.86 bits per heavy atom. The fraction of sp³-hybridized carbons (Fsp3) is 0.333. The molecule has 0 heterocycles. The molecule has 5 nitrogen and oxygen atoms in total. The van der Waals surface area contributed by atoms with Crippen LogP contribution < -0.4 is 16.8 Å². The summed E-state index contributed by atoms with van der Waals surface area (Å²) in [4.78, 5) is 7.80. The summed E-state index contributed by atoms with van der Waals surface area (Å²) in [6.07, 6.45) is 7.20. The van der Waals surface area contributed by atoms with Gasteiger partial charge in [-0.3, -0.25) is 10.3 Å². The van der Waals surface area contributed by atoms with Crippen LogP contribution in [-0.2, 0) is 0 Å². The van der Waals surface area contributed by atoms with E-state index in [4.69, 9.17) is 11.5 Å². The second-order valence-electron chi connectivity index (χ2n) is 2.85. The van der Waals surface area contributed by atoms with E-state index in [-0.39, 0.29) is 11.9 Å². The molecule has 0 fully saturated rings. The predicted molar refractivity (Wildman–Crippen MR) is 59.0 cm³/mol. The van der Waals surface area contributed by atoms with Crippen molar-refractivity contribution >= 4 is 11.9 Å². The van der Waals surface area contributed by atoms with E-state index in [1.54, 1.807) is 7.05 Å². The molecule has 0 aromatic carbocycles. The number of allylic oxidation sites excluding steroid dienone is 2. The molecule has 0 spiro atoms. The molecule has 5 N–H and O–H groups in total. The predicted octanol–water partition coefficient (Wildman–Crippen LogP) is -0.278. The highest BCUT2D eigenvalue weighted by molar-refractivity contribution is 5.96. The number of nitrogens with one attached hydrogen (secondary N) is 1. The van der Waals surface area contributed by atoms with Crippen molar-refractivity contribution in [2.75, 3.05) is 13.6 Å². The summed E-state index contributed by atoms with van der Waals surface area (Å²) in [7, 11) is 1.58. The second-order valence-corrected chi connectivity index (χ2v) is 2.85. The minimum atomic E-state index is 0.266. The number of aliphatic imine (C=N–C) groups is 2. The molecule has 5 heteroatoms. The molecule has 0 amide bonds. The Balaban J connectivity index is 2.40. The van der Waals surface area contributed by atoms with Gasteiger partial charge in [0.2, 0.25) is 0 Å². The standard InChI is InChI=1S/C9H15N5/c1-12-8(10)14-9(11)13-6-7-4-2-3-5-7/h2,4-5H,3,6H2,1H3,(H5,10,11,12,13,14). The van der Waals surface area contributed by atoms with Crippen molar-refractivity contribution in [3.8, 4) is 0 Å². The van der Waals surface area contributed by atoms with Crippen LogP contribution in [0.1, 0.15) is 6.42 Å². The lowest BCUT2D eigenvalue weighted by Gasteiger charge is -2.03. The molecule has 0 saturated carbocycles. The number of guanidine groups is 2. The molecule has 0 aromatic rings. The number of nitrogens with two attached hydrogens (primary N) is 2. The van der Waals surface area contributed by atoms with Gasteiger partial charge in [0, 0.05) is 7.05 Å². The lowest BCUT2D eigenvalue weighted by atomic mass is 10.3. The Morgan fingerprint density at radius 2 is 2.29 bits per heavy atom. The molecule has 0 radical (unpaired) electrons. The fourth-order valence-electron chi connectivity index (χ4n) is 1.03. The largest absolute Gasteiger partial charge is 0.370 e. The first kappa shape index (κ1) is 10.3. The molecule has 0 bridgehead atoms. The van der Waals surface area contributed by atoms with Crippen LogP contribution >= 0.6 is 0 Å². The van der Waals surface area contributed by atoms with E-state index in [0.717, 1.165) is 6.42 Å². The Labute approximate surface area is 83.3 Å². The van der Waals surface area contributed by atoms with Gasteiger partial charge in [0.05, 0.1) is 6.54 Å². The molecule has 0 atom stereocenters. The molecule has 76 valence electrons. The minimum absolute atomic E-state index is 0.266. The van der Waals surface area contributed by atoms with E-state index in [2.05, 4.69) is 27.5 Å². The first-order valence-corrected chi connectivity index (χ1v) is 4.37. The SMILES string of the molecule is CN=C(N)NC(N)=NCC1=CCC=C1. The number of hydrogen-bond acceptors (Lipinski definition) is 2. The van der Waals surface area contributed by atoms with Gasteiger partial charge in [-0.25, -0.2) is 4.99 Å². The lowest BCUT2D eigenvalue weighted by molar-refractivity contribution is 1.12. The molecule has 1 aliphatic carbocycles. The van der Waals surface area contributed by atoms with Gasteiger partial charge in [-0.1, -0.05) is 18.2 Å². The zero-order valence-corrected chi connectivity index (χ0v) is 8.20. The van der Waals surface area contributed by atoms with E-state index in [1.165, 1.54) is 5.57 Å². The molecule has 0 unspecified atom stereocenters. The molecular weight excluding hydrogens is 178 g/mol. The third-order valence-electron chi connectivity index (χ3n) is 1.78. The van der Waals surface area contributed by atoms with Crippen LogP contribution in [0.2, 0.25) is 0 Å². The zero-order chi connectivity index (χ0) is 10.4. The Kier molecular flexibility index (Phi) is 3.72. The Bertz CT molecular complexity index is 311. The molecule has 0 aliphatic heterocycles. The van der Waals surface area contributed by atoms with E-state index >= 15 is 0 Å². The second kappa shape index (κ2) is 5.06. The minimum Gasteiger partial charge on any atom is -0.370 e. The summed E-state index contributed by atoms with van der Waals surface area (Å²) in [6.45, 7) is 0.576. The van der Waals surface area contributed by atoms with Crippen molar-refractivity contribution in [2.45, 2.75) is 6.42 Å². The van der Waals surface area contributed by atoms with Crippen LogP contribution in [0.15, 0.2) is 33.8 Å². The van der Waals surface area contributed by atoms with Gasteiger partial charge in [0.25, 0.3) is 0 Å². The number of nitrogens with zero attached hydrogens (tertiary/aromatic N) is 2. The first-order chi connectivity index (χ1) is 6.72. The lowest BCUT2D eigenvalue weighted by Crippen LogP contribution is -2.41.